The van der Waals surface area contributed by atoms with Crippen LogP contribution in [0.5, 0.6) is 0 Å². The minimum absolute atomic E-state index is 0.0719. The van der Waals surface area contributed by atoms with Crippen LogP contribution in [-0.2, 0) is 0 Å². The summed E-state index contributed by atoms with van der Waals surface area (Å²) in [5.74, 6) is 0.0719. The Balaban J connectivity index is 0.000000305. The summed E-state index contributed by atoms with van der Waals surface area (Å²) in [5, 5.41) is 14.0. The van der Waals surface area contributed by atoms with Crippen LogP contribution in [0.4, 0.5) is 11.4 Å². The van der Waals surface area contributed by atoms with Crippen molar-refractivity contribution in [2.45, 2.75) is 58.5 Å². The Labute approximate surface area is 212 Å². The lowest BCUT2D eigenvalue weighted by atomic mass is 10.3. The lowest BCUT2D eigenvalue weighted by Gasteiger charge is -2.21. The Kier molecular flexibility index (Phi) is 9.56. The third kappa shape index (κ3) is 7.58. The standard InChI is InChI=1S/C18H17ClN4OS.C5H11N.C3H8/c1-12(24)17-8-14(11-25-17)23-10-13(9-20-23)21-18(6-7-18)22-16-5-3-2-4-15(16)19;1-6-4-2-3-5-6;1-3-2/h2-5,8-11,21-22H,6-7H2,1H3;2-5H2,1H3;3H2,1-2H3. The number of nitrogens with one attached hydrogen (secondary N) is 2. The van der Waals surface area contributed by atoms with Crippen LogP contribution in [0, 0.1) is 0 Å². The highest BCUT2D eigenvalue weighted by molar-refractivity contribution is 7.12. The summed E-state index contributed by atoms with van der Waals surface area (Å²) in [4.78, 5) is 14.5. The molecular weight excluding hydrogens is 466 g/mol. The van der Waals surface area contributed by atoms with Gasteiger partial charge in [0.25, 0.3) is 0 Å². The Morgan fingerprint density at radius 3 is 2.38 bits per heavy atom. The van der Waals surface area contributed by atoms with Crippen molar-refractivity contribution in [3.8, 4) is 5.69 Å². The van der Waals surface area contributed by atoms with Crippen molar-refractivity contribution in [2.24, 2.45) is 0 Å². The molecule has 0 amide bonds. The number of aromatic nitrogens is 2. The molecule has 2 fully saturated rings. The fraction of sp³-hybridized carbons (Fsp3) is 0.462. The number of carbonyl (C=O) groups is 1. The normalized spacial score (nSPS) is 16.0. The molecule has 0 spiro atoms. The molecule has 2 aromatic heterocycles. The average Bonchev–Trinajstić information content (AvgIpc) is 3.22. The lowest BCUT2D eigenvalue weighted by Crippen LogP contribution is -2.30. The fourth-order valence-corrected chi connectivity index (χ4v) is 4.50. The van der Waals surface area contributed by atoms with E-state index in [1.54, 1.807) is 17.8 Å². The number of carbonyl (C=O) groups excluding carboxylic acids is 1. The summed E-state index contributed by atoms with van der Waals surface area (Å²) in [6.07, 6.45) is 9.82. The van der Waals surface area contributed by atoms with Gasteiger partial charge in [-0.15, -0.1) is 11.3 Å². The molecule has 0 atom stereocenters. The summed E-state index contributed by atoms with van der Waals surface area (Å²) in [6.45, 7) is 8.46. The van der Waals surface area contributed by atoms with Crippen LogP contribution in [0.3, 0.4) is 0 Å². The van der Waals surface area contributed by atoms with Crippen LogP contribution >= 0.6 is 22.9 Å². The van der Waals surface area contributed by atoms with E-state index < -0.39 is 0 Å². The first-order chi connectivity index (χ1) is 16.4. The van der Waals surface area contributed by atoms with Gasteiger partial charge in [-0.2, -0.15) is 5.10 Å². The molecule has 0 unspecified atom stereocenters. The molecule has 5 rings (SSSR count). The minimum Gasteiger partial charge on any atom is -0.362 e. The van der Waals surface area contributed by atoms with Gasteiger partial charge in [-0.25, -0.2) is 4.68 Å². The predicted molar refractivity (Wildman–Crippen MR) is 145 cm³/mol. The van der Waals surface area contributed by atoms with Crippen LogP contribution in [-0.4, -0.2) is 46.3 Å². The molecule has 6 nitrogen and oxygen atoms in total. The van der Waals surface area contributed by atoms with Crippen LogP contribution in [0.15, 0.2) is 48.1 Å². The molecule has 1 saturated carbocycles. The molecule has 0 radical (unpaired) electrons. The Morgan fingerprint density at radius 1 is 1.18 bits per heavy atom. The Bertz CT molecular complexity index is 1050. The highest BCUT2D eigenvalue weighted by atomic mass is 35.5. The first kappa shape index (κ1) is 26.3. The number of hydrogen-bond acceptors (Lipinski definition) is 6. The number of rotatable bonds is 6. The van der Waals surface area contributed by atoms with Crippen molar-refractivity contribution in [3.63, 3.8) is 0 Å². The molecule has 34 heavy (non-hydrogen) atoms. The number of likely N-dealkylation sites (tertiary alicyclic amines) is 1. The van der Waals surface area contributed by atoms with Crippen molar-refractivity contribution in [3.05, 3.63) is 58.0 Å². The van der Waals surface area contributed by atoms with Gasteiger partial charge in [-0.05, 0) is 70.9 Å². The molecule has 2 aliphatic rings. The molecule has 3 aromatic rings. The number of benzene rings is 1. The van der Waals surface area contributed by atoms with Gasteiger partial charge >= 0.3 is 0 Å². The first-order valence-electron chi connectivity index (χ1n) is 12.0. The molecule has 1 saturated heterocycles. The number of anilines is 2. The van der Waals surface area contributed by atoms with E-state index in [2.05, 4.69) is 41.5 Å². The van der Waals surface area contributed by atoms with E-state index in [9.17, 15) is 4.79 Å². The number of thiophene rings is 1. The van der Waals surface area contributed by atoms with Gasteiger partial charge in [0.05, 0.1) is 39.4 Å². The van der Waals surface area contributed by atoms with Crippen molar-refractivity contribution in [2.75, 3.05) is 30.8 Å². The smallest absolute Gasteiger partial charge is 0.169 e. The third-order valence-electron chi connectivity index (χ3n) is 5.49. The predicted octanol–water partition coefficient (Wildman–Crippen LogP) is 6.93. The van der Waals surface area contributed by atoms with Gasteiger partial charge in [0, 0.05) is 5.38 Å². The van der Waals surface area contributed by atoms with E-state index in [0.717, 1.165) is 34.8 Å². The topological polar surface area (TPSA) is 62.2 Å². The molecule has 0 bridgehead atoms. The van der Waals surface area contributed by atoms with Gasteiger partial charge < -0.3 is 15.5 Å². The summed E-state index contributed by atoms with van der Waals surface area (Å²) in [7, 11) is 2.17. The largest absolute Gasteiger partial charge is 0.362 e. The fourth-order valence-electron chi connectivity index (χ4n) is 3.54. The summed E-state index contributed by atoms with van der Waals surface area (Å²) in [6, 6.07) is 9.59. The van der Waals surface area contributed by atoms with Crippen LogP contribution in [0.2, 0.25) is 5.02 Å². The number of hydrogen-bond donors (Lipinski definition) is 2. The van der Waals surface area contributed by atoms with E-state index in [4.69, 9.17) is 11.6 Å². The van der Waals surface area contributed by atoms with Gasteiger partial charge in [-0.3, -0.25) is 4.79 Å². The molecule has 1 aromatic carbocycles. The molecule has 1 aliphatic carbocycles. The van der Waals surface area contributed by atoms with Crippen LogP contribution in [0.1, 0.15) is 62.5 Å². The molecule has 1 aliphatic heterocycles. The zero-order chi connectivity index (χ0) is 24.6. The first-order valence-corrected chi connectivity index (χ1v) is 13.3. The van der Waals surface area contributed by atoms with Crippen molar-refractivity contribution < 1.29 is 4.79 Å². The van der Waals surface area contributed by atoms with E-state index in [0.29, 0.717) is 5.02 Å². The second kappa shape index (κ2) is 12.4. The summed E-state index contributed by atoms with van der Waals surface area (Å²) in [5.41, 5.74) is 2.56. The highest BCUT2D eigenvalue weighted by Gasteiger charge is 2.43. The quantitative estimate of drug-likeness (QED) is 0.283. The number of halogens is 1. The summed E-state index contributed by atoms with van der Waals surface area (Å²) < 4.78 is 1.77. The number of Topliss-reactive ketones (excluding diaryl/α,β-unsaturated/α-hetero) is 1. The number of ketones is 1. The second-order valence-electron chi connectivity index (χ2n) is 8.93. The van der Waals surface area contributed by atoms with Gasteiger partial charge in [0.15, 0.2) is 5.78 Å². The number of para-hydroxylation sites is 1. The number of nitrogens with zero attached hydrogens (tertiary/aromatic N) is 3. The van der Waals surface area contributed by atoms with Crippen LogP contribution in [0.25, 0.3) is 5.69 Å². The van der Waals surface area contributed by atoms with E-state index in [-0.39, 0.29) is 11.4 Å². The molecule has 184 valence electrons. The highest BCUT2D eigenvalue weighted by Crippen LogP contribution is 2.41. The van der Waals surface area contributed by atoms with Crippen molar-refractivity contribution in [1.82, 2.24) is 14.7 Å². The Morgan fingerprint density at radius 2 is 1.85 bits per heavy atom. The zero-order valence-corrected chi connectivity index (χ0v) is 22.2. The molecule has 8 heteroatoms. The SMILES string of the molecule is CC(=O)c1cc(-n2cc(NC3(Nc4ccccc4Cl)CC3)cn2)cs1.CCC.CN1CCCC1. The minimum atomic E-state index is -0.182. The zero-order valence-electron chi connectivity index (χ0n) is 20.6. The van der Waals surface area contributed by atoms with Gasteiger partial charge in [0.2, 0.25) is 0 Å². The van der Waals surface area contributed by atoms with E-state index in [1.807, 2.05) is 41.9 Å². The Hall–Kier alpha value is -2.35. The van der Waals surface area contributed by atoms with Gasteiger partial charge in [-0.1, -0.05) is 44.0 Å². The molecular formula is C26H36ClN5OS. The van der Waals surface area contributed by atoms with Crippen molar-refractivity contribution in [1.29, 1.82) is 0 Å². The summed E-state index contributed by atoms with van der Waals surface area (Å²) >= 11 is 7.67. The second-order valence-corrected chi connectivity index (χ2v) is 10.2. The maximum absolute atomic E-state index is 11.4. The molecule has 2 N–H and O–H groups in total. The maximum Gasteiger partial charge on any atom is 0.169 e. The maximum atomic E-state index is 11.4. The monoisotopic (exact) mass is 501 g/mol. The van der Waals surface area contributed by atoms with E-state index in [1.165, 1.54) is 43.7 Å². The van der Waals surface area contributed by atoms with Gasteiger partial charge in [0.1, 0.15) is 5.66 Å². The van der Waals surface area contributed by atoms with Crippen molar-refractivity contribution >= 4 is 40.1 Å². The third-order valence-corrected chi connectivity index (χ3v) is 6.84. The molecule has 3 heterocycles. The van der Waals surface area contributed by atoms with Crippen LogP contribution < -0.4 is 10.6 Å². The average molecular weight is 502 g/mol. The lowest BCUT2D eigenvalue weighted by molar-refractivity contribution is 0.102. The van der Waals surface area contributed by atoms with E-state index >= 15 is 0 Å².